The number of hydrogen-bond donors (Lipinski definition) is 0. The number of epoxide rings is 1. The van der Waals surface area contributed by atoms with Gasteiger partial charge in [0.15, 0.2) is 0 Å². The lowest BCUT2D eigenvalue weighted by molar-refractivity contribution is -0.385. The van der Waals surface area contributed by atoms with E-state index in [4.69, 9.17) is 9.47 Å². The van der Waals surface area contributed by atoms with Gasteiger partial charge in [-0.15, -0.1) is 0 Å². The molecule has 0 saturated carbocycles. The van der Waals surface area contributed by atoms with E-state index in [1.807, 2.05) is 0 Å². The third-order valence-electron chi connectivity index (χ3n) is 2.11. The summed E-state index contributed by atoms with van der Waals surface area (Å²) < 4.78 is 9.93. The summed E-state index contributed by atoms with van der Waals surface area (Å²) in [5, 5.41) is 10.7. The molecule has 1 aliphatic rings. The zero-order chi connectivity index (χ0) is 10.1. The van der Waals surface area contributed by atoms with Gasteiger partial charge in [0, 0.05) is 0 Å². The van der Waals surface area contributed by atoms with Crippen molar-refractivity contribution < 1.29 is 14.4 Å². The predicted octanol–water partition coefficient (Wildman–Crippen LogP) is 1.67. The van der Waals surface area contributed by atoms with Gasteiger partial charge >= 0.3 is 0 Å². The Labute approximate surface area is 80.4 Å². The normalized spacial score (nSPS) is 19.1. The fourth-order valence-electron chi connectivity index (χ4n) is 1.31. The van der Waals surface area contributed by atoms with Crippen LogP contribution in [0.3, 0.4) is 0 Å². The summed E-state index contributed by atoms with van der Waals surface area (Å²) in [7, 11) is 1.48. The highest BCUT2D eigenvalue weighted by atomic mass is 16.6. The molecule has 0 bridgehead atoms. The summed E-state index contributed by atoms with van der Waals surface area (Å²) in [4.78, 5) is 10.3. The van der Waals surface area contributed by atoms with E-state index in [0.29, 0.717) is 17.9 Å². The van der Waals surface area contributed by atoms with Crippen molar-refractivity contribution >= 4 is 5.69 Å². The fraction of sp³-hybridized carbons (Fsp3) is 0.333. The molecule has 0 radical (unpaired) electrons. The molecule has 1 aromatic rings. The van der Waals surface area contributed by atoms with E-state index in [1.165, 1.54) is 13.2 Å². The van der Waals surface area contributed by atoms with E-state index >= 15 is 0 Å². The standard InChI is InChI=1S/C9H9NO4/c1-13-6-2-3-7(9-5-14-9)8(4-6)10(11)12/h2-4,9H,5H2,1H3/t9-/m1/s1. The summed E-state index contributed by atoms with van der Waals surface area (Å²) >= 11 is 0. The van der Waals surface area contributed by atoms with E-state index in [0.717, 1.165) is 0 Å². The first-order valence-electron chi connectivity index (χ1n) is 4.16. The summed E-state index contributed by atoms with van der Waals surface area (Å²) in [5.41, 5.74) is 0.683. The first-order valence-corrected chi connectivity index (χ1v) is 4.16. The molecule has 1 aliphatic heterocycles. The first-order chi connectivity index (χ1) is 6.72. The van der Waals surface area contributed by atoms with E-state index in [9.17, 15) is 10.1 Å². The van der Waals surface area contributed by atoms with Gasteiger partial charge in [0.25, 0.3) is 5.69 Å². The number of benzene rings is 1. The molecule has 14 heavy (non-hydrogen) atoms. The van der Waals surface area contributed by atoms with Crippen molar-refractivity contribution in [1.82, 2.24) is 0 Å². The zero-order valence-corrected chi connectivity index (χ0v) is 7.60. The summed E-state index contributed by atoms with van der Waals surface area (Å²) in [5.74, 6) is 0.487. The maximum Gasteiger partial charge on any atom is 0.279 e. The van der Waals surface area contributed by atoms with Crippen LogP contribution in [0, 0.1) is 10.1 Å². The number of nitrogens with zero attached hydrogens (tertiary/aromatic N) is 1. The second-order valence-corrected chi connectivity index (χ2v) is 3.00. The van der Waals surface area contributed by atoms with Gasteiger partial charge in [-0.3, -0.25) is 10.1 Å². The topological polar surface area (TPSA) is 64.9 Å². The molecule has 5 nitrogen and oxygen atoms in total. The highest BCUT2D eigenvalue weighted by molar-refractivity contribution is 5.48. The van der Waals surface area contributed by atoms with E-state index in [-0.39, 0.29) is 11.8 Å². The molecular weight excluding hydrogens is 186 g/mol. The van der Waals surface area contributed by atoms with Crippen molar-refractivity contribution in [2.45, 2.75) is 6.10 Å². The monoisotopic (exact) mass is 195 g/mol. The lowest BCUT2D eigenvalue weighted by Gasteiger charge is -2.02. The van der Waals surface area contributed by atoms with Gasteiger partial charge in [-0.05, 0) is 12.1 Å². The highest BCUT2D eigenvalue weighted by Gasteiger charge is 2.32. The summed E-state index contributed by atoms with van der Waals surface area (Å²) in [6.07, 6.45) is -0.110. The van der Waals surface area contributed by atoms with E-state index < -0.39 is 4.92 Å². The van der Waals surface area contributed by atoms with Gasteiger partial charge in [-0.1, -0.05) is 0 Å². The van der Waals surface area contributed by atoms with Gasteiger partial charge in [0.05, 0.1) is 30.3 Å². The van der Waals surface area contributed by atoms with Crippen molar-refractivity contribution in [3.63, 3.8) is 0 Å². The van der Waals surface area contributed by atoms with Crippen LogP contribution < -0.4 is 4.74 Å². The van der Waals surface area contributed by atoms with Crippen LogP contribution in [-0.2, 0) is 4.74 Å². The van der Waals surface area contributed by atoms with E-state index in [1.54, 1.807) is 12.1 Å². The Bertz CT molecular complexity index is 373. The smallest absolute Gasteiger partial charge is 0.279 e. The number of rotatable bonds is 3. The predicted molar refractivity (Wildman–Crippen MR) is 48.3 cm³/mol. The molecule has 1 fully saturated rings. The third kappa shape index (κ3) is 1.54. The van der Waals surface area contributed by atoms with Crippen molar-refractivity contribution in [2.75, 3.05) is 13.7 Å². The van der Waals surface area contributed by atoms with E-state index in [2.05, 4.69) is 0 Å². The minimum Gasteiger partial charge on any atom is -0.497 e. The maximum absolute atomic E-state index is 10.7. The minimum atomic E-state index is -0.417. The Morgan fingerprint density at radius 3 is 2.86 bits per heavy atom. The Balaban J connectivity index is 2.43. The van der Waals surface area contributed by atoms with Crippen LogP contribution in [0.2, 0.25) is 0 Å². The maximum atomic E-state index is 10.7. The van der Waals surface area contributed by atoms with Crippen LogP contribution in [0.4, 0.5) is 5.69 Å². The Kier molecular flexibility index (Phi) is 2.09. The summed E-state index contributed by atoms with van der Waals surface area (Å²) in [6.45, 7) is 0.563. The first kappa shape index (κ1) is 8.96. The van der Waals surface area contributed by atoms with Crippen LogP contribution in [0.5, 0.6) is 5.75 Å². The Morgan fingerprint density at radius 2 is 2.36 bits per heavy atom. The van der Waals surface area contributed by atoms with Crippen molar-refractivity contribution in [3.8, 4) is 5.75 Å². The molecule has 0 N–H and O–H groups in total. The average Bonchev–Trinajstić information content (AvgIpc) is 3.00. The molecule has 0 aliphatic carbocycles. The molecular formula is C9H9NO4. The van der Waals surface area contributed by atoms with Crippen LogP contribution in [-0.4, -0.2) is 18.6 Å². The van der Waals surface area contributed by atoms with Crippen molar-refractivity contribution in [2.24, 2.45) is 0 Å². The summed E-state index contributed by atoms with van der Waals surface area (Å²) in [6, 6.07) is 4.79. The number of ether oxygens (including phenoxy) is 2. The molecule has 2 rings (SSSR count). The molecule has 5 heteroatoms. The number of nitro benzene ring substituents is 1. The number of hydrogen-bond acceptors (Lipinski definition) is 4. The second kappa shape index (κ2) is 3.26. The third-order valence-corrected chi connectivity index (χ3v) is 2.11. The van der Waals surface area contributed by atoms with Gasteiger partial charge in [0.2, 0.25) is 0 Å². The SMILES string of the molecule is COc1ccc([C@H]2CO2)c([N+](=O)[O-])c1. The molecule has 1 aromatic carbocycles. The lowest BCUT2D eigenvalue weighted by atomic mass is 10.1. The quantitative estimate of drug-likeness (QED) is 0.418. The highest BCUT2D eigenvalue weighted by Crippen LogP contribution is 2.37. The molecule has 0 amide bonds. The lowest BCUT2D eigenvalue weighted by Crippen LogP contribution is -1.95. The van der Waals surface area contributed by atoms with Crippen molar-refractivity contribution in [3.05, 3.63) is 33.9 Å². The molecule has 1 atom stereocenters. The Hall–Kier alpha value is -1.62. The number of methoxy groups -OCH3 is 1. The Morgan fingerprint density at radius 1 is 1.64 bits per heavy atom. The van der Waals surface area contributed by atoms with Crippen LogP contribution >= 0.6 is 0 Å². The second-order valence-electron chi connectivity index (χ2n) is 3.00. The molecule has 0 unspecified atom stereocenters. The molecule has 74 valence electrons. The molecule has 1 heterocycles. The van der Waals surface area contributed by atoms with Crippen LogP contribution in [0.25, 0.3) is 0 Å². The van der Waals surface area contributed by atoms with Crippen LogP contribution in [0.1, 0.15) is 11.7 Å². The van der Waals surface area contributed by atoms with Gasteiger partial charge < -0.3 is 9.47 Å². The van der Waals surface area contributed by atoms with Gasteiger partial charge in [-0.25, -0.2) is 0 Å². The van der Waals surface area contributed by atoms with Crippen molar-refractivity contribution in [1.29, 1.82) is 0 Å². The fourth-order valence-corrected chi connectivity index (χ4v) is 1.31. The average molecular weight is 195 g/mol. The number of nitro groups is 1. The van der Waals surface area contributed by atoms with Gasteiger partial charge in [-0.2, -0.15) is 0 Å². The van der Waals surface area contributed by atoms with Gasteiger partial charge in [0.1, 0.15) is 11.9 Å². The molecule has 0 aromatic heterocycles. The molecule has 1 saturated heterocycles. The molecule has 0 spiro atoms. The largest absolute Gasteiger partial charge is 0.497 e. The minimum absolute atomic E-state index is 0.0619. The zero-order valence-electron chi connectivity index (χ0n) is 7.60. The van der Waals surface area contributed by atoms with Crippen LogP contribution in [0.15, 0.2) is 18.2 Å².